The monoisotopic (exact) mass is 743 g/mol. The van der Waals surface area contributed by atoms with Gasteiger partial charge in [-0.1, -0.05) is 50.2 Å². The molecule has 2 amide bonds. The lowest BCUT2D eigenvalue weighted by molar-refractivity contribution is -0.148. The number of esters is 2. The van der Waals surface area contributed by atoms with Crippen molar-refractivity contribution in [2.45, 2.75) is 91.5 Å². The molecule has 13 heteroatoms. The summed E-state index contributed by atoms with van der Waals surface area (Å²) in [6.07, 6.45) is -0.346. The number of aromatic nitrogens is 1. The minimum Gasteiger partial charge on any atom is -0.456 e. The molecule has 0 radical (unpaired) electrons. The van der Waals surface area contributed by atoms with E-state index in [-0.39, 0.29) is 23.3 Å². The van der Waals surface area contributed by atoms with Crippen molar-refractivity contribution in [3.8, 4) is 11.1 Å². The summed E-state index contributed by atoms with van der Waals surface area (Å²) in [4.78, 5) is 84.3. The molecule has 5 rings (SSSR count). The Balaban J connectivity index is 1.16. The van der Waals surface area contributed by atoms with Gasteiger partial charge in [0.1, 0.15) is 29.0 Å². The van der Waals surface area contributed by atoms with E-state index in [2.05, 4.69) is 4.98 Å². The van der Waals surface area contributed by atoms with E-state index in [1.165, 1.54) is 9.80 Å². The average Bonchev–Trinajstić information content (AvgIpc) is 3.70. The van der Waals surface area contributed by atoms with Crippen molar-refractivity contribution < 1.29 is 47.7 Å². The van der Waals surface area contributed by atoms with Gasteiger partial charge in [-0.3, -0.25) is 19.4 Å². The Morgan fingerprint density at radius 2 is 1.13 bits per heavy atom. The van der Waals surface area contributed by atoms with Crippen LogP contribution in [0.3, 0.4) is 0 Å². The van der Waals surface area contributed by atoms with E-state index in [1.807, 2.05) is 26.0 Å². The van der Waals surface area contributed by atoms with Gasteiger partial charge in [-0.05, 0) is 95.5 Å². The summed E-state index contributed by atoms with van der Waals surface area (Å²) >= 11 is 0. The van der Waals surface area contributed by atoms with Crippen molar-refractivity contribution in [3.63, 3.8) is 0 Å². The number of hydrogen-bond acceptors (Lipinski definition) is 11. The molecule has 2 fully saturated rings. The highest BCUT2D eigenvalue weighted by atomic mass is 16.6. The van der Waals surface area contributed by atoms with Crippen molar-refractivity contribution in [1.29, 1.82) is 0 Å². The maximum atomic E-state index is 13.0. The summed E-state index contributed by atoms with van der Waals surface area (Å²) in [5.41, 5.74) is 1.31. The maximum absolute atomic E-state index is 13.0. The number of benzene rings is 2. The predicted molar refractivity (Wildman–Crippen MR) is 199 cm³/mol. The topological polar surface area (TPSA) is 159 Å². The highest BCUT2D eigenvalue weighted by molar-refractivity contribution is 6.00. The van der Waals surface area contributed by atoms with Crippen molar-refractivity contribution in [1.82, 2.24) is 14.8 Å². The van der Waals surface area contributed by atoms with Crippen LogP contribution < -0.4 is 0 Å². The lowest BCUT2D eigenvalue weighted by Gasteiger charge is -2.27. The summed E-state index contributed by atoms with van der Waals surface area (Å²) in [5.74, 6) is -2.01. The lowest BCUT2D eigenvalue weighted by atomic mass is 10.0. The number of fused-ring (bicyclic) bond motifs is 1. The van der Waals surface area contributed by atoms with Crippen LogP contribution in [0.2, 0.25) is 0 Å². The molecule has 2 aliphatic rings. The fourth-order valence-electron chi connectivity index (χ4n) is 6.52. The van der Waals surface area contributed by atoms with Crippen molar-refractivity contribution in [3.05, 3.63) is 65.9 Å². The third kappa shape index (κ3) is 10.00. The van der Waals surface area contributed by atoms with Crippen LogP contribution in [0.4, 0.5) is 9.59 Å². The van der Waals surface area contributed by atoms with Gasteiger partial charge in [0.2, 0.25) is 5.78 Å². The van der Waals surface area contributed by atoms with E-state index in [0.29, 0.717) is 37.0 Å². The number of amides is 2. The predicted octanol–water partition coefficient (Wildman–Crippen LogP) is 6.64. The second-order valence-corrected chi connectivity index (χ2v) is 16.2. The van der Waals surface area contributed by atoms with Crippen LogP contribution >= 0.6 is 0 Å². The molecule has 3 aromatic rings. The molecule has 3 heterocycles. The van der Waals surface area contributed by atoms with Gasteiger partial charge in [-0.15, -0.1) is 0 Å². The first kappa shape index (κ1) is 39.9. The standard InChI is InChI=1S/C41H49N3O10/c1-24-17-32(43(20-24)38(49)53-40(3,4)5)36(47)51-22-34(45)27-11-9-26(10-12-27)28-13-15-30-29(19-28)14-16-31(42-30)35(46)23-52-37(48)33-18-25(2)21-44(33)39(50)54-41(6,7)8/h9-16,19,24-25,32-33H,17-18,20-23H2,1-8H3/t24-,25-,32-,33-/m0/s1. The molecule has 2 aliphatic heterocycles. The van der Waals surface area contributed by atoms with Crippen LogP contribution in [0.5, 0.6) is 0 Å². The van der Waals surface area contributed by atoms with Crippen LogP contribution in [-0.2, 0) is 28.5 Å². The SMILES string of the molecule is C[C@H]1C[C@@H](C(=O)OCC(=O)c2ccc(-c3ccc4nc(C(=O)COC(=O)[C@@H]5C[C@H](C)CN5C(=O)OC(C)(C)C)ccc4c3)cc2)N(C(=O)OC(C)(C)C)C1. The summed E-state index contributed by atoms with van der Waals surface area (Å²) < 4.78 is 21.6. The van der Waals surface area contributed by atoms with E-state index in [4.69, 9.17) is 18.9 Å². The third-order valence-electron chi connectivity index (χ3n) is 9.03. The summed E-state index contributed by atoms with van der Waals surface area (Å²) in [7, 11) is 0. The molecule has 0 N–H and O–H groups in total. The quantitative estimate of drug-likeness (QED) is 0.131. The van der Waals surface area contributed by atoms with E-state index in [0.717, 1.165) is 16.5 Å². The molecule has 0 saturated carbocycles. The number of ether oxygens (including phenoxy) is 4. The zero-order valence-electron chi connectivity index (χ0n) is 32.2. The smallest absolute Gasteiger partial charge is 0.411 e. The number of Topliss-reactive ketones (excluding diaryl/α,β-unsaturated/α-hetero) is 2. The van der Waals surface area contributed by atoms with Crippen LogP contribution in [-0.4, -0.2) is 100 Å². The van der Waals surface area contributed by atoms with Gasteiger partial charge in [-0.25, -0.2) is 24.2 Å². The first-order valence-electron chi connectivity index (χ1n) is 18.2. The summed E-state index contributed by atoms with van der Waals surface area (Å²) in [6.45, 7) is 14.1. The zero-order chi connectivity index (χ0) is 39.5. The van der Waals surface area contributed by atoms with Crippen LogP contribution in [0.25, 0.3) is 22.0 Å². The molecule has 13 nitrogen and oxygen atoms in total. The minimum absolute atomic E-state index is 0.0712. The molecule has 2 saturated heterocycles. The molecular weight excluding hydrogens is 694 g/mol. The third-order valence-corrected chi connectivity index (χ3v) is 9.03. The molecule has 0 aliphatic carbocycles. The van der Waals surface area contributed by atoms with Gasteiger partial charge in [0.15, 0.2) is 19.0 Å². The highest BCUT2D eigenvalue weighted by Gasteiger charge is 2.42. The maximum Gasteiger partial charge on any atom is 0.411 e. The van der Waals surface area contributed by atoms with Crippen LogP contribution in [0, 0.1) is 11.8 Å². The Morgan fingerprint density at radius 1 is 0.648 bits per heavy atom. The number of nitrogens with zero attached hydrogens (tertiary/aromatic N) is 3. The molecule has 4 atom stereocenters. The molecule has 54 heavy (non-hydrogen) atoms. The van der Waals surface area contributed by atoms with Crippen molar-refractivity contribution >= 4 is 46.6 Å². The van der Waals surface area contributed by atoms with E-state index < -0.39 is 66.4 Å². The first-order chi connectivity index (χ1) is 25.3. The molecule has 0 spiro atoms. The molecule has 1 aromatic heterocycles. The Bertz CT molecular complexity index is 1930. The number of carbonyl (C=O) groups excluding carboxylic acids is 6. The molecule has 0 unspecified atom stereocenters. The van der Waals surface area contributed by atoms with Gasteiger partial charge in [0.25, 0.3) is 0 Å². The number of likely N-dealkylation sites (tertiary alicyclic amines) is 2. The highest BCUT2D eigenvalue weighted by Crippen LogP contribution is 2.29. The Hall–Kier alpha value is -5.33. The van der Waals surface area contributed by atoms with Gasteiger partial charge >= 0.3 is 24.1 Å². The van der Waals surface area contributed by atoms with Crippen LogP contribution in [0.15, 0.2) is 54.6 Å². The van der Waals surface area contributed by atoms with E-state index in [9.17, 15) is 28.8 Å². The van der Waals surface area contributed by atoms with E-state index in [1.54, 1.807) is 84.0 Å². The second kappa shape index (κ2) is 16.0. The first-order valence-corrected chi connectivity index (χ1v) is 18.2. The van der Waals surface area contributed by atoms with Gasteiger partial charge in [0, 0.05) is 24.0 Å². The van der Waals surface area contributed by atoms with Crippen molar-refractivity contribution in [2.75, 3.05) is 26.3 Å². The van der Waals surface area contributed by atoms with Gasteiger partial charge in [0.05, 0.1) is 5.52 Å². The fraction of sp³-hybridized carbons (Fsp3) is 0.488. The molecule has 2 aromatic carbocycles. The molecular formula is C41H49N3O10. The average molecular weight is 744 g/mol. The zero-order valence-corrected chi connectivity index (χ0v) is 32.2. The minimum atomic E-state index is -0.834. The number of rotatable bonds is 9. The number of hydrogen-bond donors (Lipinski definition) is 0. The fourth-order valence-corrected chi connectivity index (χ4v) is 6.52. The van der Waals surface area contributed by atoms with Gasteiger partial charge < -0.3 is 18.9 Å². The second-order valence-electron chi connectivity index (χ2n) is 16.2. The molecule has 288 valence electrons. The summed E-state index contributed by atoms with van der Waals surface area (Å²) in [6, 6.07) is 14.1. The number of pyridine rings is 1. The largest absolute Gasteiger partial charge is 0.456 e. The van der Waals surface area contributed by atoms with Crippen LogP contribution in [0.1, 0.15) is 89.1 Å². The summed E-state index contributed by atoms with van der Waals surface area (Å²) in [5, 5.41) is 0.766. The lowest BCUT2D eigenvalue weighted by Crippen LogP contribution is -2.44. The number of carbonyl (C=O) groups is 6. The van der Waals surface area contributed by atoms with E-state index >= 15 is 0 Å². The Kier molecular flexibility index (Phi) is 11.8. The Labute approximate surface area is 315 Å². The number of ketones is 2. The normalized spacial score (nSPS) is 20.1. The molecule has 0 bridgehead atoms. The van der Waals surface area contributed by atoms with Gasteiger partial charge in [-0.2, -0.15) is 0 Å². The Morgan fingerprint density at radius 3 is 1.63 bits per heavy atom. The van der Waals surface area contributed by atoms with Crippen molar-refractivity contribution in [2.24, 2.45) is 11.8 Å².